The van der Waals surface area contributed by atoms with Crippen molar-refractivity contribution in [3.8, 4) is 0 Å². The average molecular weight is 283 g/mol. The van der Waals surface area contributed by atoms with E-state index >= 15 is 0 Å². The molecule has 0 aliphatic rings. The van der Waals surface area contributed by atoms with Gasteiger partial charge in [-0.25, -0.2) is 0 Å². The topological polar surface area (TPSA) is 0 Å². The number of hydrogen-bond donors (Lipinski definition) is 0. The first kappa shape index (κ1) is 13.4. The van der Waals surface area contributed by atoms with Gasteiger partial charge in [-0.1, -0.05) is 23.2 Å². The molecule has 0 aromatic heterocycles. The predicted octanol–water partition coefficient (Wildman–Crippen LogP) is 5.03. The minimum Gasteiger partial charge on any atom is -0.166 e. The Bertz CT molecular complexity index is 367. The predicted molar refractivity (Wildman–Crippen MR) is 46.5 cm³/mol. The molecule has 0 radical (unpaired) electrons. The Morgan fingerprint density at radius 1 is 0.688 bits per heavy atom. The summed E-state index contributed by atoms with van der Waals surface area (Å²) in [6.07, 6.45) is -9.68. The lowest BCUT2D eigenvalue weighted by Gasteiger charge is -2.14. The minimum atomic E-state index is -4.84. The van der Waals surface area contributed by atoms with Crippen LogP contribution in [0.4, 0.5) is 26.3 Å². The van der Waals surface area contributed by atoms with Gasteiger partial charge in [-0.3, -0.25) is 0 Å². The maximum absolute atomic E-state index is 12.2. The molecule has 0 atom stereocenters. The fraction of sp³-hybridized carbons (Fsp3) is 0.250. The van der Waals surface area contributed by atoms with E-state index in [1.54, 1.807) is 0 Å². The number of halogens is 8. The molecular weight excluding hydrogens is 281 g/mol. The van der Waals surface area contributed by atoms with Crippen molar-refractivity contribution < 1.29 is 26.3 Å². The summed E-state index contributed by atoms with van der Waals surface area (Å²) in [5, 5.41) is -2.30. The van der Waals surface area contributed by atoms with Crippen LogP contribution in [0.1, 0.15) is 11.1 Å². The van der Waals surface area contributed by atoms with Crippen LogP contribution in [0, 0.1) is 0 Å². The molecule has 0 nitrogen and oxygen atoms in total. The van der Waals surface area contributed by atoms with E-state index in [-0.39, 0.29) is 12.1 Å². The van der Waals surface area contributed by atoms with E-state index in [0.717, 1.165) is 0 Å². The molecule has 0 heterocycles. The summed E-state index contributed by atoms with van der Waals surface area (Å²) in [4.78, 5) is 0. The van der Waals surface area contributed by atoms with Crippen LogP contribution in [0.15, 0.2) is 12.1 Å². The summed E-state index contributed by atoms with van der Waals surface area (Å²) < 4.78 is 73.4. The van der Waals surface area contributed by atoms with Crippen molar-refractivity contribution in [2.45, 2.75) is 12.4 Å². The van der Waals surface area contributed by atoms with Crippen LogP contribution in [-0.2, 0) is 12.4 Å². The summed E-state index contributed by atoms with van der Waals surface area (Å²) in [5.74, 6) is 0. The SMILES string of the molecule is FC(F)(F)c1ccc(C(F)(F)F)c(Cl)c1Cl. The second-order valence-electron chi connectivity index (χ2n) is 2.78. The van der Waals surface area contributed by atoms with E-state index < -0.39 is 33.5 Å². The molecule has 0 fully saturated rings. The molecule has 0 amide bonds. The molecule has 0 aliphatic carbocycles. The molecule has 0 N–H and O–H groups in total. The van der Waals surface area contributed by atoms with Gasteiger partial charge < -0.3 is 0 Å². The molecule has 0 unspecified atom stereocenters. The van der Waals surface area contributed by atoms with Gasteiger partial charge >= 0.3 is 12.4 Å². The third kappa shape index (κ3) is 2.55. The Morgan fingerprint density at radius 3 is 1.12 bits per heavy atom. The molecule has 90 valence electrons. The molecular formula is C8H2Cl2F6. The van der Waals surface area contributed by atoms with Crippen molar-refractivity contribution >= 4 is 23.2 Å². The van der Waals surface area contributed by atoms with Crippen molar-refractivity contribution in [3.05, 3.63) is 33.3 Å². The third-order valence-electron chi connectivity index (χ3n) is 1.69. The smallest absolute Gasteiger partial charge is 0.166 e. The number of benzene rings is 1. The monoisotopic (exact) mass is 282 g/mol. The second-order valence-corrected chi connectivity index (χ2v) is 3.54. The Morgan fingerprint density at radius 2 is 0.938 bits per heavy atom. The first-order valence-corrected chi connectivity index (χ1v) is 4.43. The highest BCUT2D eigenvalue weighted by Gasteiger charge is 2.39. The van der Waals surface area contributed by atoms with Gasteiger partial charge in [-0.15, -0.1) is 0 Å². The number of alkyl halides is 6. The lowest BCUT2D eigenvalue weighted by Crippen LogP contribution is -2.11. The normalized spacial score (nSPS) is 13.0. The highest BCUT2D eigenvalue weighted by molar-refractivity contribution is 6.43. The highest BCUT2D eigenvalue weighted by atomic mass is 35.5. The minimum absolute atomic E-state index is 0.247. The molecule has 16 heavy (non-hydrogen) atoms. The van der Waals surface area contributed by atoms with Gasteiger partial charge in [0.25, 0.3) is 0 Å². The summed E-state index contributed by atoms with van der Waals surface area (Å²) in [5.41, 5.74) is -2.79. The first-order chi connectivity index (χ1) is 7.05. The van der Waals surface area contributed by atoms with E-state index in [1.807, 2.05) is 0 Å². The number of rotatable bonds is 0. The van der Waals surface area contributed by atoms with Gasteiger partial charge in [0.2, 0.25) is 0 Å². The molecule has 1 rings (SSSR count). The van der Waals surface area contributed by atoms with Gasteiger partial charge in [-0.05, 0) is 12.1 Å². The van der Waals surface area contributed by atoms with E-state index in [2.05, 4.69) is 0 Å². The summed E-state index contributed by atoms with van der Waals surface area (Å²) in [7, 11) is 0. The maximum Gasteiger partial charge on any atom is 0.417 e. The van der Waals surface area contributed by atoms with E-state index in [1.165, 1.54) is 0 Å². The van der Waals surface area contributed by atoms with Gasteiger partial charge in [0, 0.05) is 0 Å². The van der Waals surface area contributed by atoms with Crippen LogP contribution in [0.25, 0.3) is 0 Å². The van der Waals surface area contributed by atoms with Crippen molar-refractivity contribution in [2.24, 2.45) is 0 Å². The highest BCUT2D eigenvalue weighted by Crippen LogP contribution is 2.43. The largest absolute Gasteiger partial charge is 0.417 e. The van der Waals surface area contributed by atoms with Gasteiger partial charge in [-0.2, -0.15) is 26.3 Å². The van der Waals surface area contributed by atoms with Gasteiger partial charge in [0.1, 0.15) is 0 Å². The molecule has 0 bridgehead atoms. The van der Waals surface area contributed by atoms with Crippen molar-refractivity contribution in [1.82, 2.24) is 0 Å². The van der Waals surface area contributed by atoms with E-state index in [4.69, 9.17) is 23.2 Å². The van der Waals surface area contributed by atoms with Crippen LogP contribution in [-0.4, -0.2) is 0 Å². The van der Waals surface area contributed by atoms with Crippen molar-refractivity contribution in [2.75, 3.05) is 0 Å². The van der Waals surface area contributed by atoms with Crippen LogP contribution >= 0.6 is 23.2 Å². The van der Waals surface area contributed by atoms with Crippen LogP contribution in [0.2, 0.25) is 10.0 Å². The zero-order valence-electron chi connectivity index (χ0n) is 7.18. The molecule has 0 aliphatic heterocycles. The Hall–Kier alpha value is -0.620. The summed E-state index contributed by atoms with van der Waals surface area (Å²) in [6, 6.07) is 0.494. The van der Waals surface area contributed by atoms with Gasteiger partial charge in [0.15, 0.2) is 0 Å². The zero-order chi connectivity index (χ0) is 12.7. The van der Waals surface area contributed by atoms with Crippen LogP contribution in [0.3, 0.4) is 0 Å². The van der Waals surface area contributed by atoms with Crippen LogP contribution < -0.4 is 0 Å². The fourth-order valence-corrected chi connectivity index (χ4v) is 1.53. The molecule has 0 spiro atoms. The Balaban J connectivity index is 3.41. The van der Waals surface area contributed by atoms with E-state index in [0.29, 0.717) is 0 Å². The third-order valence-corrected chi connectivity index (χ3v) is 2.58. The second kappa shape index (κ2) is 4.00. The first-order valence-electron chi connectivity index (χ1n) is 3.67. The molecule has 1 aromatic rings. The standard InChI is InChI=1S/C8H2Cl2F6/c9-5-3(7(11,12)13)1-2-4(6(5)10)8(14,15)16/h1-2H. The van der Waals surface area contributed by atoms with Gasteiger partial charge in [0.05, 0.1) is 21.2 Å². The number of hydrogen-bond acceptors (Lipinski definition) is 0. The van der Waals surface area contributed by atoms with E-state index in [9.17, 15) is 26.3 Å². The fourth-order valence-electron chi connectivity index (χ4n) is 0.987. The van der Waals surface area contributed by atoms with Crippen molar-refractivity contribution in [1.29, 1.82) is 0 Å². The molecule has 0 saturated carbocycles. The average Bonchev–Trinajstić information content (AvgIpc) is 2.05. The van der Waals surface area contributed by atoms with Crippen molar-refractivity contribution in [3.63, 3.8) is 0 Å². The lowest BCUT2D eigenvalue weighted by molar-refractivity contribution is -0.141. The summed E-state index contributed by atoms with van der Waals surface area (Å²) in [6.45, 7) is 0. The quantitative estimate of drug-likeness (QED) is 0.586. The molecule has 0 saturated heterocycles. The summed E-state index contributed by atoms with van der Waals surface area (Å²) >= 11 is 10.3. The zero-order valence-corrected chi connectivity index (χ0v) is 8.69. The molecule has 8 heteroatoms. The Labute approximate surface area is 95.8 Å². The molecule has 1 aromatic carbocycles. The maximum atomic E-state index is 12.2. The Kier molecular flexibility index (Phi) is 3.36. The lowest BCUT2D eigenvalue weighted by atomic mass is 10.1. The van der Waals surface area contributed by atoms with Crippen LogP contribution in [0.5, 0.6) is 0 Å².